The van der Waals surface area contributed by atoms with E-state index in [0.717, 1.165) is 0 Å². The van der Waals surface area contributed by atoms with Crippen molar-refractivity contribution in [3.63, 3.8) is 0 Å². The summed E-state index contributed by atoms with van der Waals surface area (Å²) in [4.78, 5) is 0. The Morgan fingerprint density at radius 2 is 1.71 bits per heavy atom. The molecule has 1 aromatic carbocycles. The van der Waals surface area contributed by atoms with Gasteiger partial charge in [-0.15, -0.1) is 0 Å². The Kier molecular flexibility index (Phi) is 3.07. The second-order valence-electron chi connectivity index (χ2n) is 2.63. The predicted octanol–water partition coefficient (Wildman–Crippen LogP) is 1.24. The van der Waals surface area contributed by atoms with Crippen molar-refractivity contribution in [3.8, 4) is 0 Å². The van der Waals surface area contributed by atoms with E-state index in [2.05, 4.69) is 0 Å². The highest BCUT2D eigenvalue weighted by Gasteiger charge is 2.23. The lowest BCUT2D eigenvalue weighted by Crippen LogP contribution is -2.16. The lowest BCUT2D eigenvalue weighted by molar-refractivity contribution is 0.174. The molecular formula is C8H7F4NO. The fourth-order valence-electron chi connectivity index (χ4n) is 1.00. The van der Waals surface area contributed by atoms with E-state index in [1.165, 1.54) is 0 Å². The summed E-state index contributed by atoms with van der Waals surface area (Å²) in [5, 5.41) is 9.01. The van der Waals surface area contributed by atoms with E-state index in [0.29, 0.717) is 0 Å². The Morgan fingerprint density at radius 1 is 1.14 bits per heavy atom. The van der Waals surface area contributed by atoms with E-state index >= 15 is 0 Å². The molecule has 14 heavy (non-hydrogen) atoms. The lowest BCUT2D eigenvalue weighted by atomic mass is 10.1. The molecule has 1 atom stereocenters. The van der Waals surface area contributed by atoms with E-state index in [1.54, 1.807) is 0 Å². The molecule has 0 saturated carbocycles. The third kappa shape index (κ3) is 1.71. The summed E-state index contributed by atoms with van der Waals surface area (Å²) < 4.78 is 50.8. The van der Waals surface area contributed by atoms with Crippen LogP contribution in [0.25, 0.3) is 0 Å². The number of hydrogen-bond acceptors (Lipinski definition) is 2. The summed E-state index contributed by atoms with van der Waals surface area (Å²) >= 11 is 0. The van der Waals surface area contributed by atoms with Crippen molar-refractivity contribution in [2.75, 3.05) is 6.54 Å². The standard InChI is InChI=1S/C8H7F4NO/c9-3-1-4(10)7(11)8(12)6(3)5(14)2-13/h1,5,14H,2,13H2. The van der Waals surface area contributed by atoms with Crippen molar-refractivity contribution < 1.29 is 22.7 Å². The molecular weight excluding hydrogens is 202 g/mol. The van der Waals surface area contributed by atoms with Crippen LogP contribution in [0.3, 0.4) is 0 Å². The molecule has 0 aliphatic heterocycles. The van der Waals surface area contributed by atoms with E-state index in [-0.39, 0.29) is 6.07 Å². The van der Waals surface area contributed by atoms with Crippen molar-refractivity contribution >= 4 is 0 Å². The normalized spacial score (nSPS) is 13.0. The van der Waals surface area contributed by atoms with Gasteiger partial charge in [-0.25, -0.2) is 17.6 Å². The molecule has 0 aliphatic carbocycles. The van der Waals surface area contributed by atoms with E-state index in [4.69, 9.17) is 10.8 Å². The third-order valence-electron chi connectivity index (χ3n) is 1.71. The minimum Gasteiger partial charge on any atom is -0.387 e. The van der Waals surface area contributed by atoms with Gasteiger partial charge >= 0.3 is 0 Å². The molecule has 1 rings (SSSR count). The van der Waals surface area contributed by atoms with Crippen LogP contribution in [-0.2, 0) is 0 Å². The summed E-state index contributed by atoms with van der Waals surface area (Å²) in [5.74, 6) is -6.58. The van der Waals surface area contributed by atoms with Crippen LogP contribution in [0.15, 0.2) is 6.07 Å². The maximum absolute atomic E-state index is 12.9. The average Bonchev–Trinajstić information content (AvgIpc) is 2.14. The van der Waals surface area contributed by atoms with Gasteiger partial charge in [0.2, 0.25) is 0 Å². The van der Waals surface area contributed by atoms with Crippen molar-refractivity contribution in [1.29, 1.82) is 0 Å². The number of nitrogens with two attached hydrogens (primary N) is 1. The monoisotopic (exact) mass is 209 g/mol. The molecule has 0 saturated heterocycles. The highest BCUT2D eigenvalue weighted by molar-refractivity contribution is 5.24. The van der Waals surface area contributed by atoms with Crippen LogP contribution in [-0.4, -0.2) is 11.7 Å². The zero-order chi connectivity index (χ0) is 10.9. The first-order valence-electron chi connectivity index (χ1n) is 3.70. The first-order chi connectivity index (χ1) is 6.49. The summed E-state index contributed by atoms with van der Waals surface area (Å²) in [7, 11) is 0. The highest BCUT2D eigenvalue weighted by atomic mass is 19.2. The van der Waals surface area contributed by atoms with Crippen molar-refractivity contribution in [2.24, 2.45) is 5.73 Å². The van der Waals surface area contributed by atoms with Crippen LogP contribution in [0.1, 0.15) is 11.7 Å². The van der Waals surface area contributed by atoms with Gasteiger partial charge in [-0.2, -0.15) is 0 Å². The van der Waals surface area contributed by atoms with Gasteiger partial charge in [0.1, 0.15) is 5.82 Å². The molecule has 0 bridgehead atoms. The average molecular weight is 209 g/mol. The van der Waals surface area contributed by atoms with Gasteiger partial charge in [0.15, 0.2) is 17.5 Å². The summed E-state index contributed by atoms with van der Waals surface area (Å²) in [6.07, 6.45) is -1.69. The van der Waals surface area contributed by atoms with Crippen LogP contribution in [0.5, 0.6) is 0 Å². The molecule has 0 amide bonds. The Balaban J connectivity index is 3.36. The third-order valence-corrected chi connectivity index (χ3v) is 1.71. The van der Waals surface area contributed by atoms with Crippen molar-refractivity contribution in [1.82, 2.24) is 0 Å². The van der Waals surface area contributed by atoms with Crippen LogP contribution < -0.4 is 5.73 Å². The molecule has 1 aromatic rings. The molecule has 3 N–H and O–H groups in total. The zero-order valence-corrected chi connectivity index (χ0v) is 6.90. The fourth-order valence-corrected chi connectivity index (χ4v) is 1.00. The van der Waals surface area contributed by atoms with Gasteiger partial charge < -0.3 is 10.8 Å². The van der Waals surface area contributed by atoms with E-state index in [9.17, 15) is 17.6 Å². The van der Waals surface area contributed by atoms with E-state index in [1.807, 2.05) is 0 Å². The fraction of sp³-hybridized carbons (Fsp3) is 0.250. The van der Waals surface area contributed by atoms with Gasteiger partial charge in [-0.1, -0.05) is 0 Å². The Morgan fingerprint density at radius 3 is 2.21 bits per heavy atom. The number of halogens is 4. The molecule has 0 radical (unpaired) electrons. The van der Waals surface area contributed by atoms with Gasteiger partial charge in [0.25, 0.3) is 0 Å². The molecule has 1 unspecified atom stereocenters. The molecule has 0 aliphatic rings. The molecule has 78 valence electrons. The Labute approximate surface area is 77.0 Å². The smallest absolute Gasteiger partial charge is 0.194 e. The van der Waals surface area contributed by atoms with Crippen LogP contribution >= 0.6 is 0 Å². The largest absolute Gasteiger partial charge is 0.387 e. The SMILES string of the molecule is NCC(O)c1c(F)cc(F)c(F)c1F. The minimum absolute atomic E-state index is 0.159. The number of benzene rings is 1. The second-order valence-corrected chi connectivity index (χ2v) is 2.63. The molecule has 6 heteroatoms. The Bertz CT molecular complexity index is 356. The second kappa shape index (κ2) is 3.93. The Hall–Kier alpha value is -1.14. The van der Waals surface area contributed by atoms with Crippen LogP contribution in [0.2, 0.25) is 0 Å². The number of hydrogen-bond donors (Lipinski definition) is 2. The minimum atomic E-state index is -1.83. The number of aliphatic hydroxyl groups is 1. The first-order valence-corrected chi connectivity index (χ1v) is 3.70. The summed E-state index contributed by atoms with van der Waals surface area (Å²) in [5.41, 5.74) is 3.98. The van der Waals surface area contributed by atoms with Gasteiger partial charge in [-0.3, -0.25) is 0 Å². The highest BCUT2D eigenvalue weighted by Crippen LogP contribution is 2.24. The molecule has 0 fully saturated rings. The molecule has 0 heterocycles. The molecule has 0 spiro atoms. The quantitative estimate of drug-likeness (QED) is 0.437. The topological polar surface area (TPSA) is 46.2 Å². The van der Waals surface area contributed by atoms with E-state index < -0.39 is 41.5 Å². The first kappa shape index (κ1) is 10.9. The lowest BCUT2D eigenvalue weighted by Gasteiger charge is -2.11. The molecule has 2 nitrogen and oxygen atoms in total. The van der Waals surface area contributed by atoms with Crippen LogP contribution in [0, 0.1) is 23.3 Å². The zero-order valence-electron chi connectivity index (χ0n) is 6.90. The van der Waals surface area contributed by atoms with Gasteiger partial charge in [-0.05, 0) is 0 Å². The van der Waals surface area contributed by atoms with Gasteiger partial charge in [0, 0.05) is 12.6 Å². The number of rotatable bonds is 2. The van der Waals surface area contributed by atoms with Crippen molar-refractivity contribution in [2.45, 2.75) is 6.10 Å². The predicted molar refractivity (Wildman–Crippen MR) is 40.3 cm³/mol. The van der Waals surface area contributed by atoms with Gasteiger partial charge in [0.05, 0.1) is 11.7 Å². The van der Waals surface area contributed by atoms with Crippen molar-refractivity contribution in [3.05, 3.63) is 34.9 Å². The summed E-state index contributed by atoms with van der Waals surface area (Å²) in [6.45, 7) is -0.487. The summed E-state index contributed by atoms with van der Waals surface area (Å²) in [6, 6.07) is 0.159. The number of aliphatic hydroxyl groups excluding tert-OH is 1. The maximum atomic E-state index is 12.9. The molecule has 0 aromatic heterocycles. The maximum Gasteiger partial charge on any atom is 0.194 e. The van der Waals surface area contributed by atoms with Crippen LogP contribution in [0.4, 0.5) is 17.6 Å².